The van der Waals surface area contributed by atoms with Gasteiger partial charge < -0.3 is 15.4 Å². The smallest absolute Gasteiger partial charge is 0.294 e. The van der Waals surface area contributed by atoms with E-state index < -0.39 is 17.2 Å². The molecule has 0 saturated heterocycles. The van der Waals surface area contributed by atoms with E-state index in [-0.39, 0.29) is 11.5 Å². The van der Waals surface area contributed by atoms with E-state index in [0.717, 1.165) is 19.3 Å². The number of hydrogen-bond acceptors (Lipinski definition) is 5. The summed E-state index contributed by atoms with van der Waals surface area (Å²) in [6.07, 6.45) is 4.69. The van der Waals surface area contributed by atoms with Crippen molar-refractivity contribution in [2.45, 2.75) is 19.3 Å². The predicted octanol–water partition coefficient (Wildman–Crippen LogP) is 2.28. The van der Waals surface area contributed by atoms with Crippen LogP contribution in [0.1, 0.15) is 28.0 Å². The summed E-state index contributed by atoms with van der Waals surface area (Å²) in [6.45, 7) is 0. The molecule has 7 heteroatoms. The van der Waals surface area contributed by atoms with Gasteiger partial charge in [-0.1, -0.05) is 12.1 Å². The molecule has 130 valence electrons. The van der Waals surface area contributed by atoms with Crippen LogP contribution in [-0.2, 0) is 12.8 Å². The Bertz CT molecular complexity index is 1040. The Morgan fingerprint density at radius 1 is 1.15 bits per heavy atom. The van der Waals surface area contributed by atoms with Crippen LogP contribution in [0.2, 0.25) is 0 Å². The number of aromatic amines is 1. The lowest BCUT2D eigenvalue weighted by molar-refractivity contribution is 0.101. The molecule has 3 N–H and O–H groups in total. The fraction of sp³-hybridized carbons (Fsp3) is 0.158. The van der Waals surface area contributed by atoms with Gasteiger partial charge in [0.15, 0.2) is 11.5 Å². The third-order valence-corrected chi connectivity index (χ3v) is 4.37. The average Bonchev–Trinajstić information content (AvgIpc) is 3.12. The van der Waals surface area contributed by atoms with Gasteiger partial charge in [-0.05, 0) is 54.7 Å². The highest BCUT2D eigenvalue weighted by atomic mass is 16.3. The number of pyridine rings is 1. The Morgan fingerprint density at radius 3 is 2.81 bits per heavy atom. The number of nitrogens with zero attached hydrogens (tertiary/aromatic N) is 2. The monoisotopic (exact) mass is 348 g/mol. The molecule has 0 bridgehead atoms. The zero-order chi connectivity index (χ0) is 18.1. The van der Waals surface area contributed by atoms with E-state index in [1.807, 2.05) is 18.2 Å². The van der Waals surface area contributed by atoms with Crippen molar-refractivity contribution < 1.29 is 9.90 Å². The van der Waals surface area contributed by atoms with E-state index in [1.165, 1.54) is 11.1 Å². The number of carbonyl (C=O) groups excluding carboxylic acids is 1. The average molecular weight is 348 g/mol. The molecule has 7 nitrogen and oxygen atoms in total. The second-order valence-corrected chi connectivity index (χ2v) is 6.12. The molecule has 0 fully saturated rings. The number of nitrogens with one attached hydrogen (secondary N) is 2. The molecule has 0 saturated carbocycles. The van der Waals surface area contributed by atoms with Crippen molar-refractivity contribution in [3.8, 4) is 17.3 Å². The van der Waals surface area contributed by atoms with Crippen molar-refractivity contribution in [1.29, 1.82) is 0 Å². The lowest BCUT2D eigenvalue weighted by Gasteiger charge is -2.09. The van der Waals surface area contributed by atoms with E-state index in [9.17, 15) is 14.7 Å². The molecular weight excluding hydrogens is 332 g/mol. The van der Waals surface area contributed by atoms with E-state index >= 15 is 0 Å². The number of fused-ring (bicyclic) bond motifs is 1. The maximum absolute atomic E-state index is 12.6. The number of anilines is 1. The number of hydrogen-bond donors (Lipinski definition) is 3. The van der Waals surface area contributed by atoms with Gasteiger partial charge in [0, 0.05) is 11.9 Å². The van der Waals surface area contributed by atoms with Crippen LogP contribution < -0.4 is 10.9 Å². The number of H-pyrrole nitrogens is 1. The Morgan fingerprint density at radius 2 is 2.00 bits per heavy atom. The standard InChI is InChI=1S/C19H16N4O3/c24-16-15(22-17(23-19(16)26)14-6-1-2-9-20-14)18(25)21-13-8-7-11-4-3-5-12(11)10-13/h1-2,6-10,24H,3-5H2,(H,21,25)(H,22,23,26). The van der Waals surface area contributed by atoms with Gasteiger partial charge in [-0.2, -0.15) is 0 Å². The van der Waals surface area contributed by atoms with E-state index in [0.29, 0.717) is 11.4 Å². The van der Waals surface area contributed by atoms with Gasteiger partial charge in [0.25, 0.3) is 11.5 Å². The Kier molecular flexibility index (Phi) is 3.96. The van der Waals surface area contributed by atoms with Crippen molar-refractivity contribution in [3.63, 3.8) is 0 Å². The summed E-state index contributed by atoms with van der Waals surface area (Å²) in [5, 5.41) is 12.7. The normalized spacial score (nSPS) is 12.6. The summed E-state index contributed by atoms with van der Waals surface area (Å²) >= 11 is 0. The molecule has 1 aliphatic rings. The van der Waals surface area contributed by atoms with Crippen molar-refractivity contribution in [2.24, 2.45) is 0 Å². The first kappa shape index (κ1) is 16.0. The van der Waals surface area contributed by atoms with Crippen LogP contribution in [0.5, 0.6) is 5.75 Å². The van der Waals surface area contributed by atoms with Crippen LogP contribution in [-0.4, -0.2) is 26.0 Å². The molecule has 1 amide bonds. The molecule has 3 aromatic rings. The third kappa shape index (κ3) is 2.95. The summed E-state index contributed by atoms with van der Waals surface area (Å²) in [7, 11) is 0. The summed E-state index contributed by atoms with van der Waals surface area (Å²) in [6, 6.07) is 10.8. The SMILES string of the molecule is O=C(Nc1ccc2c(c1)CCC2)c1nc(-c2ccccn2)[nH]c(=O)c1O. The Labute approximate surface area is 148 Å². The minimum absolute atomic E-state index is 0.118. The number of carbonyl (C=O) groups is 1. The molecule has 4 rings (SSSR count). The van der Waals surface area contributed by atoms with Gasteiger partial charge in [0.1, 0.15) is 5.69 Å². The van der Waals surface area contributed by atoms with Crippen LogP contribution in [0.25, 0.3) is 11.5 Å². The van der Waals surface area contributed by atoms with Crippen LogP contribution >= 0.6 is 0 Å². The van der Waals surface area contributed by atoms with E-state index in [2.05, 4.69) is 20.3 Å². The maximum Gasteiger partial charge on any atom is 0.294 e. The highest BCUT2D eigenvalue weighted by Gasteiger charge is 2.20. The minimum Gasteiger partial charge on any atom is -0.501 e. The topological polar surface area (TPSA) is 108 Å². The number of rotatable bonds is 3. The van der Waals surface area contributed by atoms with Crippen molar-refractivity contribution >= 4 is 11.6 Å². The Balaban J connectivity index is 1.67. The number of amides is 1. The molecular formula is C19H16N4O3. The fourth-order valence-electron chi connectivity index (χ4n) is 3.09. The molecule has 26 heavy (non-hydrogen) atoms. The first-order valence-electron chi connectivity index (χ1n) is 8.29. The Hall–Kier alpha value is -3.48. The highest BCUT2D eigenvalue weighted by molar-refractivity contribution is 6.04. The quantitative estimate of drug-likeness (QED) is 0.673. The molecule has 1 aromatic carbocycles. The first-order chi connectivity index (χ1) is 12.6. The van der Waals surface area contributed by atoms with Crippen molar-refractivity contribution in [1.82, 2.24) is 15.0 Å². The summed E-state index contributed by atoms with van der Waals surface area (Å²) in [5.74, 6) is -1.25. The van der Waals surface area contributed by atoms with Crippen LogP contribution in [0.3, 0.4) is 0 Å². The first-order valence-corrected chi connectivity index (χ1v) is 8.29. The van der Waals surface area contributed by atoms with E-state index in [4.69, 9.17) is 0 Å². The van der Waals surface area contributed by atoms with Gasteiger partial charge in [0.2, 0.25) is 5.75 Å². The van der Waals surface area contributed by atoms with Gasteiger partial charge in [-0.15, -0.1) is 0 Å². The molecule has 0 unspecified atom stereocenters. The second-order valence-electron chi connectivity index (χ2n) is 6.12. The molecule has 0 aliphatic heterocycles. The maximum atomic E-state index is 12.6. The van der Waals surface area contributed by atoms with Gasteiger partial charge in [-0.25, -0.2) is 4.98 Å². The van der Waals surface area contributed by atoms with E-state index in [1.54, 1.807) is 24.4 Å². The van der Waals surface area contributed by atoms with Gasteiger partial charge in [-0.3, -0.25) is 14.6 Å². The third-order valence-electron chi connectivity index (χ3n) is 4.37. The number of aromatic hydroxyl groups is 1. The second kappa shape index (κ2) is 6.44. The lowest BCUT2D eigenvalue weighted by Crippen LogP contribution is -2.20. The lowest BCUT2D eigenvalue weighted by atomic mass is 10.1. The van der Waals surface area contributed by atoms with Gasteiger partial charge in [0.05, 0.1) is 0 Å². The zero-order valence-corrected chi connectivity index (χ0v) is 13.8. The predicted molar refractivity (Wildman–Crippen MR) is 96.2 cm³/mol. The summed E-state index contributed by atoms with van der Waals surface area (Å²) in [4.78, 5) is 35.2. The summed E-state index contributed by atoms with van der Waals surface area (Å²) in [5.41, 5.74) is 2.37. The largest absolute Gasteiger partial charge is 0.501 e. The van der Waals surface area contributed by atoms with Crippen LogP contribution in [0.4, 0.5) is 5.69 Å². The molecule has 0 spiro atoms. The summed E-state index contributed by atoms with van der Waals surface area (Å²) < 4.78 is 0. The fourth-order valence-corrected chi connectivity index (χ4v) is 3.09. The minimum atomic E-state index is -0.792. The molecule has 0 radical (unpaired) electrons. The van der Waals surface area contributed by atoms with Crippen LogP contribution in [0, 0.1) is 0 Å². The molecule has 2 heterocycles. The van der Waals surface area contributed by atoms with Crippen LogP contribution in [0.15, 0.2) is 47.4 Å². The highest BCUT2D eigenvalue weighted by Crippen LogP contribution is 2.25. The number of aromatic nitrogens is 3. The number of aryl methyl sites for hydroxylation is 2. The van der Waals surface area contributed by atoms with Gasteiger partial charge >= 0.3 is 0 Å². The van der Waals surface area contributed by atoms with Crippen molar-refractivity contribution in [3.05, 3.63) is 69.8 Å². The molecule has 1 aliphatic carbocycles. The zero-order valence-electron chi connectivity index (χ0n) is 13.8. The molecule has 0 atom stereocenters. The number of benzene rings is 1. The molecule has 2 aromatic heterocycles. The van der Waals surface area contributed by atoms with Crippen molar-refractivity contribution in [2.75, 3.05) is 5.32 Å².